The van der Waals surface area contributed by atoms with Gasteiger partial charge in [-0.15, -0.1) is 0 Å². The molecule has 19 heavy (non-hydrogen) atoms. The van der Waals surface area contributed by atoms with Crippen LogP contribution in [0.3, 0.4) is 0 Å². The highest BCUT2D eigenvalue weighted by atomic mass is 19.1. The fourth-order valence-corrected chi connectivity index (χ4v) is 2.35. The minimum Gasteiger partial charge on any atom is -0.335 e. The van der Waals surface area contributed by atoms with Crippen LogP contribution in [0.4, 0.5) is 4.39 Å². The van der Waals surface area contributed by atoms with Crippen molar-refractivity contribution in [2.45, 2.75) is 32.9 Å². The third kappa shape index (κ3) is 3.01. The molecule has 0 saturated carbocycles. The molecule has 1 atom stereocenters. The highest BCUT2D eigenvalue weighted by Gasteiger charge is 2.15. The molecule has 1 heterocycles. The molecule has 1 aromatic carbocycles. The molecule has 0 radical (unpaired) electrons. The molecule has 0 saturated heterocycles. The lowest BCUT2D eigenvalue weighted by atomic mass is 9.98. The summed E-state index contributed by atoms with van der Waals surface area (Å²) in [6.07, 6.45) is 4.53. The first-order valence-electron chi connectivity index (χ1n) is 6.59. The zero-order chi connectivity index (χ0) is 13.8. The quantitative estimate of drug-likeness (QED) is 0.897. The minimum atomic E-state index is -0.195. The normalized spacial score (nSPS) is 12.6. The van der Waals surface area contributed by atoms with Crippen LogP contribution in [0.25, 0.3) is 0 Å². The van der Waals surface area contributed by atoms with Gasteiger partial charge >= 0.3 is 0 Å². The predicted octanol–water partition coefficient (Wildman–Crippen LogP) is 2.85. The molecule has 4 heteroatoms. The summed E-state index contributed by atoms with van der Waals surface area (Å²) >= 11 is 0. The van der Waals surface area contributed by atoms with E-state index in [0.29, 0.717) is 0 Å². The molecule has 0 aliphatic rings. The van der Waals surface area contributed by atoms with Crippen molar-refractivity contribution in [2.75, 3.05) is 7.05 Å². The SMILES string of the molecule is CCn1ccnc1CC(NC)c1cc(F)ccc1C. The van der Waals surface area contributed by atoms with Crippen molar-refractivity contribution >= 4 is 0 Å². The van der Waals surface area contributed by atoms with Gasteiger partial charge in [0.05, 0.1) is 0 Å². The van der Waals surface area contributed by atoms with Crippen LogP contribution >= 0.6 is 0 Å². The van der Waals surface area contributed by atoms with Gasteiger partial charge in [-0.3, -0.25) is 0 Å². The molecule has 0 spiro atoms. The first kappa shape index (κ1) is 13.7. The Hall–Kier alpha value is -1.68. The monoisotopic (exact) mass is 261 g/mol. The molecule has 0 bridgehead atoms. The highest BCUT2D eigenvalue weighted by molar-refractivity contribution is 5.30. The van der Waals surface area contributed by atoms with Crippen molar-refractivity contribution in [1.82, 2.24) is 14.9 Å². The van der Waals surface area contributed by atoms with E-state index in [1.54, 1.807) is 6.07 Å². The van der Waals surface area contributed by atoms with Crippen molar-refractivity contribution in [3.8, 4) is 0 Å². The number of rotatable bonds is 5. The van der Waals surface area contributed by atoms with E-state index in [9.17, 15) is 4.39 Å². The molecule has 2 rings (SSSR count). The molecule has 102 valence electrons. The van der Waals surface area contributed by atoms with Crippen molar-refractivity contribution in [3.63, 3.8) is 0 Å². The Balaban J connectivity index is 2.27. The van der Waals surface area contributed by atoms with Gasteiger partial charge in [0.1, 0.15) is 11.6 Å². The summed E-state index contributed by atoms with van der Waals surface area (Å²) in [6, 6.07) is 5.00. The minimum absolute atomic E-state index is 0.0726. The van der Waals surface area contributed by atoms with E-state index >= 15 is 0 Å². The number of benzene rings is 1. The third-order valence-electron chi connectivity index (χ3n) is 3.49. The Bertz CT molecular complexity index is 548. The molecule has 1 aromatic heterocycles. The van der Waals surface area contributed by atoms with Gasteiger partial charge in [0.25, 0.3) is 0 Å². The summed E-state index contributed by atoms with van der Waals surface area (Å²) < 4.78 is 15.5. The summed E-state index contributed by atoms with van der Waals surface area (Å²) in [4.78, 5) is 4.38. The Kier molecular flexibility index (Phi) is 4.32. The number of likely N-dealkylation sites (N-methyl/N-ethyl adjacent to an activating group) is 1. The number of aromatic nitrogens is 2. The maximum absolute atomic E-state index is 13.4. The van der Waals surface area contributed by atoms with Crippen LogP contribution in [0.2, 0.25) is 0 Å². The van der Waals surface area contributed by atoms with Crippen molar-refractivity contribution in [1.29, 1.82) is 0 Å². The lowest BCUT2D eigenvalue weighted by Crippen LogP contribution is -2.21. The van der Waals surface area contributed by atoms with E-state index < -0.39 is 0 Å². The number of hydrogen-bond acceptors (Lipinski definition) is 2. The smallest absolute Gasteiger partial charge is 0.123 e. The molecule has 2 aromatic rings. The average molecular weight is 261 g/mol. The van der Waals surface area contributed by atoms with Crippen LogP contribution < -0.4 is 5.32 Å². The van der Waals surface area contributed by atoms with Crippen molar-refractivity contribution in [3.05, 3.63) is 53.4 Å². The van der Waals surface area contributed by atoms with Gasteiger partial charge in [-0.05, 0) is 44.2 Å². The molecule has 0 aliphatic carbocycles. The van der Waals surface area contributed by atoms with Crippen LogP contribution in [0.5, 0.6) is 0 Å². The molecular weight excluding hydrogens is 241 g/mol. The highest BCUT2D eigenvalue weighted by Crippen LogP contribution is 2.22. The van der Waals surface area contributed by atoms with E-state index in [1.165, 1.54) is 6.07 Å². The molecule has 3 nitrogen and oxygen atoms in total. The van der Waals surface area contributed by atoms with Gasteiger partial charge in [-0.1, -0.05) is 6.07 Å². The zero-order valence-corrected chi connectivity index (χ0v) is 11.7. The number of imidazole rings is 1. The number of nitrogens with one attached hydrogen (secondary N) is 1. The second-order valence-electron chi connectivity index (χ2n) is 4.68. The molecule has 1 unspecified atom stereocenters. The maximum atomic E-state index is 13.4. The fourth-order valence-electron chi connectivity index (χ4n) is 2.35. The largest absolute Gasteiger partial charge is 0.335 e. The van der Waals surface area contributed by atoms with E-state index in [0.717, 1.165) is 29.9 Å². The first-order valence-corrected chi connectivity index (χ1v) is 6.59. The van der Waals surface area contributed by atoms with E-state index in [1.807, 2.05) is 32.4 Å². The van der Waals surface area contributed by atoms with Gasteiger partial charge < -0.3 is 9.88 Å². The molecule has 0 fully saturated rings. The van der Waals surface area contributed by atoms with Crippen LogP contribution in [0.1, 0.15) is 29.9 Å². The first-order chi connectivity index (χ1) is 9.15. The molecule has 0 amide bonds. The van der Waals surface area contributed by atoms with Gasteiger partial charge in [-0.2, -0.15) is 0 Å². The van der Waals surface area contributed by atoms with Crippen LogP contribution in [0, 0.1) is 12.7 Å². The standard InChI is InChI=1S/C15H20FN3/c1-4-19-8-7-18-15(19)10-14(17-3)13-9-12(16)6-5-11(13)2/h5-9,14,17H,4,10H2,1-3H3. The topological polar surface area (TPSA) is 29.9 Å². The Morgan fingerprint density at radius 2 is 2.21 bits per heavy atom. The zero-order valence-electron chi connectivity index (χ0n) is 11.7. The van der Waals surface area contributed by atoms with Crippen LogP contribution in [-0.2, 0) is 13.0 Å². The number of halogens is 1. The van der Waals surface area contributed by atoms with Gasteiger partial charge in [0.15, 0.2) is 0 Å². The molecule has 1 N–H and O–H groups in total. The van der Waals surface area contributed by atoms with E-state index in [-0.39, 0.29) is 11.9 Å². The van der Waals surface area contributed by atoms with E-state index in [4.69, 9.17) is 0 Å². The summed E-state index contributed by atoms with van der Waals surface area (Å²) in [6.45, 7) is 4.99. The number of aryl methyl sites for hydroxylation is 2. The van der Waals surface area contributed by atoms with Gasteiger partial charge in [-0.25, -0.2) is 9.37 Å². The fraction of sp³-hybridized carbons (Fsp3) is 0.400. The molecular formula is C15H20FN3. The maximum Gasteiger partial charge on any atom is 0.123 e. The average Bonchev–Trinajstić information content (AvgIpc) is 2.86. The van der Waals surface area contributed by atoms with Crippen LogP contribution in [0.15, 0.2) is 30.6 Å². The second-order valence-corrected chi connectivity index (χ2v) is 4.68. The third-order valence-corrected chi connectivity index (χ3v) is 3.49. The van der Waals surface area contributed by atoms with E-state index in [2.05, 4.69) is 21.8 Å². The van der Waals surface area contributed by atoms with Crippen LogP contribution in [-0.4, -0.2) is 16.6 Å². The van der Waals surface area contributed by atoms with Crippen molar-refractivity contribution in [2.24, 2.45) is 0 Å². The molecule has 0 aliphatic heterocycles. The Labute approximate surface area is 113 Å². The van der Waals surface area contributed by atoms with Gasteiger partial charge in [0.2, 0.25) is 0 Å². The predicted molar refractivity (Wildman–Crippen MR) is 74.5 cm³/mol. The summed E-state index contributed by atoms with van der Waals surface area (Å²) in [5.41, 5.74) is 2.09. The Morgan fingerprint density at radius 3 is 2.89 bits per heavy atom. The summed E-state index contributed by atoms with van der Waals surface area (Å²) in [5.74, 6) is 0.824. The summed E-state index contributed by atoms with van der Waals surface area (Å²) in [7, 11) is 1.90. The Morgan fingerprint density at radius 1 is 1.42 bits per heavy atom. The van der Waals surface area contributed by atoms with Crippen molar-refractivity contribution < 1.29 is 4.39 Å². The number of hydrogen-bond donors (Lipinski definition) is 1. The lowest BCUT2D eigenvalue weighted by Gasteiger charge is -2.19. The second kappa shape index (κ2) is 5.97. The summed E-state index contributed by atoms with van der Waals surface area (Å²) in [5, 5.41) is 3.26. The number of nitrogens with zero attached hydrogens (tertiary/aromatic N) is 2. The lowest BCUT2D eigenvalue weighted by molar-refractivity contribution is 0.544. The van der Waals surface area contributed by atoms with Gasteiger partial charge in [0, 0.05) is 31.4 Å².